The minimum absolute atomic E-state index is 0.0170. The molecule has 2 aromatic rings. The Hall–Kier alpha value is -2.14. The molecular weight excluding hydrogens is 252 g/mol. The van der Waals surface area contributed by atoms with Crippen LogP contribution >= 0.6 is 0 Å². The standard InChI is InChI=1S/C15H18N4O/c1-18(15(20)14-7-9-16-14)11-12-3-5-13(6-4-12)19-10-2-8-17-19/h2-6,8,10,14,16H,7,9,11H2,1H3/t14-/m0/s1. The summed E-state index contributed by atoms with van der Waals surface area (Å²) in [5.74, 6) is 0.174. The number of nitrogens with one attached hydrogen (secondary N) is 1. The third kappa shape index (κ3) is 2.58. The minimum atomic E-state index is 0.0170. The van der Waals surface area contributed by atoms with Crippen molar-refractivity contribution in [2.45, 2.75) is 19.0 Å². The Balaban J connectivity index is 1.64. The molecule has 1 aromatic heterocycles. The van der Waals surface area contributed by atoms with Crippen LogP contribution in [0, 0.1) is 0 Å². The monoisotopic (exact) mass is 270 g/mol. The first-order valence-electron chi connectivity index (χ1n) is 6.81. The second-order valence-corrected chi connectivity index (χ2v) is 5.11. The maximum Gasteiger partial charge on any atom is 0.239 e. The molecule has 0 saturated carbocycles. The normalized spacial score (nSPS) is 17.6. The van der Waals surface area contributed by atoms with Gasteiger partial charge in [-0.25, -0.2) is 4.68 Å². The van der Waals surface area contributed by atoms with Crippen LogP contribution in [0.5, 0.6) is 0 Å². The molecule has 1 N–H and O–H groups in total. The van der Waals surface area contributed by atoms with E-state index in [-0.39, 0.29) is 11.9 Å². The van der Waals surface area contributed by atoms with E-state index in [9.17, 15) is 4.79 Å². The number of carbonyl (C=O) groups excluding carboxylic acids is 1. The smallest absolute Gasteiger partial charge is 0.239 e. The first-order valence-corrected chi connectivity index (χ1v) is 6.81. The van der Waals surface area contributed by atoms with E-state index in [4.69, 9.17) is 0 Å². The number of hydrogen-bond acceptors (Lipinski definition) is 3. The second kappa shape index (κ2) is 5.46. The molecule has 0 radical (unpaired) electrons. The van der Waals surface area contributed by atoms with E-state index in [2.05, 4.69) is 10.4 Å². The molecule has 1 saturated heterocycles. The van der Waals surface area contributed by atoms with Crippen molar-refractivity contribution in [3.05, 3.63) is 48.3 Å². The molecule has 3 rings (SSSR count). The van der Waals surface area contributed by atoms with Gasteiger partial charge in [0.1, 0.15) is 0 Å². The van der Waals surface area contributed by atoms with Crippen LogP contribution in [0.3, 0.4) is 0 Å². The van der Waals surface area contributed by atoms with Crippen molar-refractivity contribution in [3.8, 4) is 5.69 Å². The highest BCUT2D eigenvalue weighted by molar-refractivity contribution is 5.82. The Bertz CT molecular complexity index is 572. The van der Waals surface area contributed by atoms with Gasteiger partial charge < -0.3 is 10.2 Å². The number of benzene rings is 1. The van der Waals surface area contributed by atoms with E-state index in [0.717, 1.165) is 24.2 Å². The van der Waals surface area contributed by atoms with Crippen LogP contribution < -0.4 is 5.32 Å². The molecule has 0 bridgehead atoms. The lowest BCUT2D eigenvalue weighted by molar-refractivity contribution is -0.134. The Morgan fingerprint density at radius 3 is 2.75 bits per heavy atom. The number of likely N-dealkylation sites (N-methyl/N-ethyl adjacent to an activating group) is 1. The highest BCUT2D eigenvalue weighted by Crippen LogP contribution is 2.12. The van der Waals surface area contributed by atoms with Gasteiger partial charge in [-0.15, -0.1) is 0 Å². The van der Waals surface area contributed by atoms with Crippen molar-refractivity contribution in [3.63, 3.8) is 0 Å². The number of rotatable bonds is 4. The predicted octanol–water partition coefficient (Wildman–Crippen LogP) is 1.19. The zero-order valence-electron chi connectivity index (χ0n) is 11.5. The SMILES string of the molecule is CN(Cc1ccc(-n2cccn2)cc1)C(=O)[C@@H]1CCN1. The third-order valence-electron chi connectivity index (χ3n) is 3.62. The van der Waals surface area contributed by atoms with Gasteiger partial charge in [0.2, 0.25) is 5.91 Å². The molecule has 2 heterocycles. The fraction of sp³-hybridized carbons (Fsp3) is 0.333. The van der Waals surface area contributed by atoms with Gasteiger partial charge in [-0.1, -0.05) is 12.1 Å². The molecule has 0 unspecified atom stereocenters. The molecule has 1 aromatic carbocycles. The summed E-state index contributed by atoms with van der Waals surface area (Å²) in [4.78, 5) is 13.8. The molecule has 1 aliphatic rings. The van der Waals surface area contributed by atoms with Crippen molar-refractivity contribution >= 4 is 5.91 Å². The van der Waals surface area contributed by atoms with Crippen LogP contribution in [0.1, 0.15) is 12.0 Å². The van der Waals surface area contributed by atoms with E-state index in [1.165, 1.54) is 0 Å². The Kier molecular flexibility index (Phi) is 3.52. The van der Waals surface area contributed by atoms with E-state index in [0.29, 0.717) is 6.54 Å². The highest BCUT2D eigenvalue weighted by atomic mass is 16.2. The van der Waals surface area contributed by atoms with E-state index < -0.39 is 0 Å². The molecular formula is C15H18N4O. The average molecular weight is 270 g/mol. The Morgan fingerprint density at radius 1 is 1.45 bits per heavy atom. The Morgan fingerprint density at radius 2 is 2.20 bits per heavy atom. The van der Waals surface area contributed by atoms with E-state index in [1.54, 1.807) is 11.1 Å². The van der Waals surface area contributed by atoms with E-state index >= 15 is 0 Å². The lowest BCUT2D eigenvalue weighted by Crippen LogP contribution is -2.53. The van der Waals surface area contributed by atoms with Crippen molar-refractivity contribution in [1.29, 1.82) is 0 Å². The summed E-state index contributed by atoms with van der Waals surface area (Å²) in [5, 5.41) is 7.33. The van der Waals surface area contributed by atoms with Gasteiger partial charge in [0.15, 0.2) is 0 Å². The van der Waals surface area contributed by atoms with Crippen molar-refractivity contribution in [2.75, 3.05) is 13.6 Å². The zero-order chi connectivity index (χ0) is 13.9. The molecule has 1 amide bonds. The number of aromatic nitrogens is 2. The molecule has 104 valence electrons. The molecule has 0 spiro atoms. The summed E-state index contributed by atoms with van der Waals surface area (Å²) in [7, 11) is 1.85. The first kappa shape index (κ1) is 12.9. The van der Waals surface area contributed by atoms with Gasteiger partial charge >= 0.3 is 0 Å². The lowest BCUT2D eigenvalue weighted by Gasteiger charge is -2.30. The maximum atomic E-state index is 12.0. The first-order chi connectivity index (χ1) is 9.74. The summed E-state index contributed by atoms with van der Waals surface area (Å²) in [6.07, 6.45) is 4.61. The minimum Gasteiger partial charge on any atom is -0.340 e. The molecule has 0 aliphatic carbocycles. The topological polar surface area (TPSA) is 50.2 Å². The maximum absolute atomic E-state index is 12.0. The quantitative estimate of drug-likeness (QED) is 0.908. The van der Waals surface area contributed by atoms with Crippen LogP contribution in [0.25, 0.3) is 5.69 Å². The Labute approximate surface area is 118 Å². The van der Waals surface area contributed by atoms with Gasteiger partial charge in [-0.05, 0) is 36.7 Å². The molecule has 5 nitrogen and oxygen atoms in total. The van der Waals surface area contributed by atoms with Crippen molar-refractivity contribution in [1.82, 2.24) is 20.0 Å². The van der Waals surface area contributed by atoms with Gasteiger partial charge in [0.05, 0.1) is 11.7 Å². The fourth-order valence-electron chi connectivity index (χ4n) is 2.29. The van der Waals surface area contributed by atoms with Crippen LogP contribution in [0.4, 0.5) is 0 Å². The molecule has 1 fully saturated rings. The zero-order valence-corrected chi connectivity index (χ0v) is 11.5. The summed E-state index contributed by atoms with van der Waals surface area (Å²) >= 11 is 0. The molecule has 20 heavy (non-hydrogen) atoms. The lowest BCUT2D eigenvalue weighted by atomic mass is 10.1. The number of nitrogens with zero attached hydrogens (tertiary/aromatic N) is 3. The van der Waals surface area contributed by atoms with Crippen LogP contribution in [0.2, 0.25) is 0 Å². The summed E-state index contributed by atoms with van der Waals surface area (Å²) in [6.45, 7) is 1.58. The summed E-state index contributed by atoms with van der Waals surface area (Å²) < 4.78 is 1.82. The largest absolute Gasteiger partial charge is 0.340 e. The van der Waals surface area contributed by atoms with Gasteiger partial charge in [-0.2, -0.15) is 5.10 Å². The highest BCUT2D eigenvalue weighted by Gasteiger charge is 2.26. The molecule has 5 heteroatoms. The van der Waals surface area contributed by atoms with Gasteiger partial charge in [-0.3, -0.25) is 4.79 Å². The number of hydrogen-bond donors (Lipinski definition) is 1. The fourth-order valence-corrected chi connectivity index (χ4v) is 2.29. The van der Waals surface area contributed by atoms with Gasteiger partial charge in [0, 0.05) is 26.0 Å². The second-order valence-electron chi connectivity index (χ2n) is 5.11. The van der Waals surface area contributed by atoms with Crippen LogP contribution in [0.15, 0.2) is 42.7 Å². The molecule has 1 aliphatic heterocycles. The van der Waals surface area contributed by atoms with Crippen LogP contribution in [-0.2, 0) is 11.3 Å². The van der Waals surface area contributed by atoms with Crippen molar-refractivity contribution in [2.24, 2.45) is 0 Å². The average Bonchev–Trinajstić information content (AvgIpc) is 2.91. The number of amides is 1. The summed E-state index contributed by atoms with van der Waals surface area (Å²) in [6, 6.07) is 10.0. The van der Waals surface area contributed by atoms with Crippen molar-refractivity contribution < 1.29 is 4.79 Å². The molecule has 1 atom stereocenters. The number of carbonyl (C=O) groups is 1. The van der Waals surface area contributed by atoms with Crippen LogP contribution in [-0.4, -0.2) is 40.2 Å². The van der Waals surface area contributed by atoms with E-state index in [1.807, 2.05) is 48.3 Å². The predicted molar refractivity (Wildman–Crippen MR) is 76.4 cm³/mol. The summed E-state index contributed by atoms with van der Waals surface area (Å²) in [5.41, 5.74) is 2.14. The third-order valence-corrected chi connectivity index (χ3v) is 3.62. The van der Waals surface area contributed by atoms with Gasteiger partial charge in [0.25, 0.3) is 0 Å².